The molecule has 0 unspecified atom stereocenters. The Kier molecular flexibility index (Phi) is 12.4. The second-order valence-corrected chi connectivity index (χ2v) is 24.3. The smallest absolute Gasteiger partial charge is 0.357 e. The molecule has 0 fully saturated rings. The molecule has 2 aliphatic heterocycles. The number of benzene rings is 5. The molecule has 0 aliphatic carbocycles. The zero-order valence-electron chi connectivity index (χ0n) is 35.6. The number of rotatable bonds is 11. The van der Waals surface area contributed by atoms with E-state index in [2.05, 4.69) is 48.8 Å². The fraction of sp³-hybridized carbons (Fsp3) is 0.0500. The zero-order chi connectivity index (χ0) is 51.5. The molecule has 10 rings (SSSR count). The van der Waals surface area contributed by atoms with Gasteiger partial charge >= 0.3 is 27.5 Å². The fourth-order valence-corrected chi connectivity index (χ4v) is 12.8. The summed E-state index contributed by atoms with van der Waals surface area (Å²) in [6, 6.07) is 18.7. The van der Waals surface area contributed by atoms with Crippen molar-refractivity contribution in [3.8, 4) is 45.6 Å². The molecule has 5 heterocycles. The van der Waals surface area contributed by atoms with Gasteiger partial charge in [0.15, 0.2) is 9.84 Å². The molecule has 0 saturated carbocycles. The number of hydrogen-bond donors (Lipinski definition) is 5. The summed E-state index contributed by atoms with van der Waals surface area (Å²) in [7, 11) is -29.2. The first kappa shape index (κ1) is 51.2. The van der Waals surface area contributed by atoms with Gasteiger partial charge in [-0.3, -0.25) is 22.9 Å². The van der Waals surface area contributed by atoms with Crippen LogP contribution in [0.15, 0.2) is 122 Å². The van der Waals surface area contributed by atoms with Gasteiger partial charge in [-0.25, -0.2) is 31.0 Å². The third-order valence-electron chi connectivity index (χ3n) is 10.8. The van der Waals surface area contributed by atoms with Crippen molar-refractivity contribution in [2.75, 3.05) is 17.1 Å². The van der Waals surface area contributed by atoms with Crippen LogP contribution in [0, 0.1) is 0 Å². The van der Waals surface area contributed by atoms with Gasteiger partial charge in [-0.1, -0.05) is 48.5 Å². The summed E-state index contributed by atoms with van der Waals surface area (Å²) >= 11 is 0. The number of fused-ring (bicyclic) bond motifs is 20. The maximum Gasteiger partial charge on any atom is 2.00 e. The van der Waals surface area contributed by atoms with Gasteiger partial charge in [0.2, 0.25) is 0 Å². The average Bonchev–Trinajstić information content (AvgIpc) is 4.03. The van der Waals surface area contributed by atoms with Crippen molar-refractivity contribution in [1.82, 2.24) is 39.9 Å². The van der Waals surface area contributed by atoms with Gasteiger partial charge in [-0.2, -0.15) is 33.7 Å². The molecular formula is C40H25CuN9O17S6. The van der Waals surface area contributed by atoms with Crippen molar-refractivity contribution in [2.45, 2.75) is 24.5 Å². The summed E-state index contributed by atoms with van der Waals surface area (Å²) in [6.07, 6.45) is 0. The Balaban J connectivity index is 0.00000656. The van der Waals surface area contributed by atoms with Crippen LogP contribution in [0.25, 0.3) is 89.7 Å². The Bertz CT molecular complexity index is 4580. The molecule has 0 amide bonds. The van der Waals surface area contributed by atoms with Crippen molar-refractivity contribution in [1.29, 1.82) is 0 Å². The third-order valence-corrected chi connectivity index (χ3v) is 17.1. The summed E-state index contributed by atoms with van der Waals surface area (Å²) < 4.78 is 200. The molecule has 8 bridgehead atoms. The number of sulfone groups is 1. The van der Waals surface area contributed by atoms with E-state index in [0.717, 1.165) is 48.5 Å². The molecule has 8 aromatic rings. The van der Waals surface area contributed by atoms with Gasteiger partial charge in [0.25, 0.3) is 40.4 Å². The van der Waals surface area contributed by atoms with E-state index < -0.39 is 121 Å². The molecule has 33 heteroatoms. The van der Waals surface area contributed by atoms with E-state index in [0.29, 0.717) is 0 Å². The van der Waals surface area contributed by atoms with E-state index in [4.69, 9.17) is 4.55 Å². The number of nitrogens with zero attached hydrogens (tertiary/aromatic N) is 8. The van der Waals surface area contributed by atoms with Crippen LogP contribution >= 0.6 is 0 Å². The summed E-state index contributed by atoms with van der Waals surface area (Å²) in [5.41, 5.74) is -2.84. The van der Waals surface area contributed by atoms with Crippen molar-refractivity contribution in [3.63, 3.8) is 0 Å². The minimum atomic E-state index is -5.09. The van der Waals surface area contributed by atoms with Crippen LogP contribution in [-0.4, -0.2) is 111 Å². The summed E-state index contributed by atoms with van der Waals surface area (Å²) in [5, 5.41) is -0.824. The first-order valence-corrected chi connectivity index (χ1v) is 28.6. The quantitative estimate of drug-likeness (QED) is 0.0916. The monoisotopic (exact) mass is 1160 g/mol. The van der Waals surface area contributed by atoms with Crippen LogP contribution in [0.3, 0.4) is 0 Å². The Hall–Kier alpha value is -6.72. The normalized spacial score (nSPS) is 13.1. The van der Waals surface area contributed by atoms with Crippen LogP contribution in [0.5, 0.6) is 0 Å². The van der Waals surface area contributed by atoms with E-state index in [1.54, 1.807) is 0 Å². The minimum Gasteiger partial charge on any atom is -0.357 e. The van der Waals surface area contributed by atoms with E-state index >= 15 is 0 Å². The summed E-state index contributed by atoms with van der Waals surface area (Å²) in [4.78, 5) is 32.9. The van der Waals surface area contributed by atoms with Crippen molar-refractivity contribution in [3.05, 3.63) is 97.1 Å². The van der Waals surface area contributed by atoms with Crippen molar-refractivity contribution < 1.29 is 90.0 Å². The molecule has 3 aromatic heterocycles. The zero-order valence-corrected chi connectivity index (χ0v) is 41.4. The van der Waals surface area contributed by atoms with Crippen molar-refractivity contribution in [2.24, 2.45) is 0 Å². The SMILES string of the molecule is O=S(=O)(O)OCCS(=O)(=O)c1ccc(NS(=O)(=O)c2cccc3c4nc5nc(nc6[n-]c(nc7nc(nc([n-]4)c23)-c2cccc(S(=O)(=O)O)c2-7)c2cccc(S(=O)(=O)O)c62)-c2cccc(S(=O)(=O)O)c2-5)cc1.[Cu+2]. The van der Waals surface area contributed by atoms with Crippen LogP contribution in [0.2, 0.25) is 0 Å². The second kappa shape index (κ2) is 17.7. The molecule has 0 atom stereocenters. The summed E-state index contributed by atoms with van der Waals surface area (Å²) in [5.74, 6) is -2.64. The number of nitrogens with one attached hydrogen (secondary N) is 1. The van der Waals surface area contributed by atoms with Crippen LogP contribution in [0.4, 0.5) is 5.69 Å². The predicted octanol–water partition coefficient (Wildman–Crippen LogP) is 3.26. The Morgan fingerprint density at radius 2 is 0.877 bits per heavy atom. The molecule has 5 aromatic carbocycles. The Morgan fingerprint density at radius 3 is 1.33 bits per heavy atom. The summed E-state index contributed by atoms with van der Waals surface area (Å²) in [6.45, 7) is -0.928. The van der Waals surface area contributed by atoms with Gasteiger partial charge in [0.05, 0.1) is 45.4 Å². The number of aromatic nitrogens is 8. The maximum absolute atomic E-state index is 14.5. The average molecular weight is 1160 g/mol. The van der Waals surface area contributed by atoms with Crippen LogP contribution in [-0.2, 0) is 81.9 Å². The molecular weight excluding hydrogens is 1130 g/mol. The standard InChI is InChI=1S/C40H25N9O17S6.Cu/c50-67(51,18-17-66-72(63,64)65)20-15-13-19(14-16-20)49-68(52,53)25-9-1-5-21-29(25)37-41-33(21)43-38-31-23(7-3-11-27(31)70(57,58)59)35(45-38)47-40-32-24(8-4-12-28(32)71(60,61)62)36(48-40)46-39-30-22(34(42-37)44-39)6-2-10-26(30)69(54,55)56;/h1-16,49H,17-18H2,(H4-2,41,42,43,44,45,46,47,48,54,55,56,57,58,59,60,61,62,63,64,65);/q-2;+2. The van der Waals surface area contributed by atoms with E-state index in [-0.39, 0.29) is 88.6 Å². The van der Waals surface area contributed by atoms with Gasteiger partial charge in [-0.15, -0.1) is 0 Å². The van der Waals surface area contributed by atoms with E-state index in [9.17, 15) is 64.2 Å². The molecule has 1 radical (unpaired) electrons. The van der Waals surface area contributed by atoms with Crippen molar-refractivity contribution >= 4 is 110 Å². The maximum atomic E-state index is 14.5. The van der Waals surface area contributed by atoms with Gasteiger partial charge in [0, 0.05) is 61.3 Å². The Labute approximate surface area is 421 Å². The number of sulfonamides is 1. The molecule has 73 heavy (non-hydrogen) atoms. The van der Waals surface area contributed by atoms with Crippen LogP contribution < -0.4 is 14.7 Å². The minimum absolute atomic E-state index is 0. The first-order chi connectivity index (χ1) is 33.7. The Morgan fingerprint density at radius 1 is 0.466 bits per heavy atom. The van der Waals surface area contributed by atoms with Gasteiger partial charge < -0.3 is 29.9 Å². The molecule has 5 N–H and O–H groups in total. The largest absolute Gasteiger partial charge is 2.00 e. The fourth-order valence-electron chi connectivity index (χ4n) is 7.90. The number of anilines is 1. The van der Waals surface area contributed by atoms with Gasteiger partial charge in [0.1, 0.15) is 14.7 Å². The molecule has 0 saturated heterocycles. The topological polar surface area (TPSA) is 413 Å². The second-order valence-electron chi connectivity index (χ2n) is 15.3. The van der Waals surface area contributed by atoms with Gasteiger partial charge in [-0.05, 0) is 59.3 Å². The molecule has 0 spiro atoms. The molecule has 379 valence electrons. The first-order valence-electron chi connectivity index (χ1n) is 19.8. The molecule has 26 nitrogen and oxygen atoms in total. The third kappa shape index (κ3) is 9.45. The predicted molar refractivity (Wildman–Crippen MR) is 250 cm³/mol. The van der Waals surface area contributed by atoms with E-state index in [1.165, 1.54) is 48.5 Å². The van der Waals surface area contributed by atoms with Crippen LogP contribution in [0.1, 0.15) is 0 Å². The van der Waals surface area contributed by atoms with E-state index in [1.807, 2.05) is 0 Å². The number of hydrogen-bond acceptors (Lipinski definition) is 19. The molecule has 2 aliphatic rings.